The Kier molecular flexibility index (Phi) is 5.76. The molecule has 1 heterocycles. The molecule has 2 N–H and O–H groups in total. The van der Waals surface area contributed by atoms with Crippen LogP contribution >= 0.6 is 23.2 Å². The summed E-state index contributed by atoms with van der Waals surface area (Å²) >= 11 is 11.7. The molecule has 2 rings (SSSR count). The van der Waals surface area contributed by atoms with Crippen LogP contribution in [0.25, 0.3) is 0 Å². The zero-order valence-electron chi connectivity index (χ0n) is 13.1. The Bertz CT molecular complexity index is 612. The molecule has 0 saturated carbocycles. The molecule has 1 aliphatic heterocycles. The first-order valence-corrected chi connectivity index (χ1v) is 8.33. The molecular formula is C16H20Cl2N2O3. The predicted molar refractivity (Wildman–Crippen MR) is 90.0 cm³/mol. The van der Waals surface area contributed by atoms with Crippen molar-refractivity contribution in [1.82, 2.24) is 10.2 Å². The molecule has 1 fully saturated rings. The molecule has 0 aromatic heterocycles. The third kappa shape index (κ3) is 4.30. The van der Waals surface area contributed by atoms with E-state index in [4.69, 9.17) is 23.2 Å². The first-order valence-electron chi connectivity index (χ1n) is 7.57. The number of aromatic hydroxyl groups is 1. The lowest BCUT2D eigenvalue weighted by Gasteiger charge is -2.33. The fourth-order valence-electron chi connectivity index (χ4n) is 2.61. The molecule has 23 heavy (non-hydrogen) atoms. The van der Waals surface area contributed by atoms with E-state index in [1.165, 1.54) is 12.1 Å². The second-order valence-corrected chi connectivity index (χ2v) is 6.86. The standard InChI is InChI=1S/C16H20Cl2N2O3/c1-9(2)16(23)20-5-3-11(4-6-20)19-15(22)12-7-10(17)8-13(18)14(12)21/h7-9,11,21H,3-6H2,1-2H3,(H,19,22). The molecule has 0 aliphatic carbocycles. The van der Waals surface area contributed by atoms with Crippen molar-refractivity contribution in [2.75, 3.05) is 13.1 Å². The number of benzene rings is 1. The Morgan fingerprint density at radius 2 is 1.87 bits per heavy atom. The molecule has 126 valence electrons. The normalized spacial score (nSPS) is 15.8. The minimum Gasteiger partial charge on any atom is -0.506 e. The number of nitrogens with one attached hydrogen (secondary N) is 1. The van der Waals surface area contributed by atoms with E-state index in [9.17, 15) is 14.7 Å². The van der Waals surface area contributed by atoms with E-state index >= 15 is 0 Å². The van der Waals surface area contributed by atoms with Gasteiger partial charge < -0.3 is 15.3 Å². The largest absolute Gasteiger partial charge is 0.506 e. The van der Waals surface area contributed by atoms with Crippen LogP contribution in [0.2, 0.25) is 10.0 Å². The van der Waals surface area contributed by atoms with Crippen LogP contribution in [0.5, 0.6) is 5.75 Å². The average molecular weight is 359 g/mol. The second-order valence-electron chi connectivity index (χ2n) is 6.01. The monoisotopic (exact) mass is 358 g/mol. The lowest BCUT2D eigenvalue weighted by Crippen LogP contribution is -2.47. The first kappa shape index (κ1) is 17.9. The first-order chi connectivity index (χ1) is 10.8. The van der Waals surface area contributed by atoms with E-state index in [-0.39, 0.29) is 39.2 Å². The van der Waals surface area contributed by atoms with Crippen molar-refractivity contribution in [2.45, 2.75) is 32.7 Å². The molecule has 1 aromatic rings. The molecule has 5 nitrogen and oxygen atoms in total. The highest BCUT2D eigenvalue weighted by Gasteiger charge is 2.26. The number of hydrogen-bond acceptors (Lipinski definition) is 3. The molecule has 7 heteroatoms. The maximum absolute atomic E-state index is 12.3. The van der Waals surface area contributed by atoms with Gasteiger partial charge in [-0.25, -0.2) is 0 Å². The van der Waals surface area contributed by atoms with E-state index in [1.54, 1.807) is 0 Å². The fraction of sp³-hybridized carbons (Fsp3) is 0.500. The van der Waals surface area contributed by atoms with Gasteiger partial charge in [0.15, 0.2) is 0 Å². The van der Waals surface area contributed by atoms with Gasteiger partial charge in [0.05, 0.1) is 10.6 Å². The number of carbonyl (C=O) groups is 2. The zero-order chi connectivity index (χ0) is 17.1. The number of carbonyl (C=O) groups excluding carboxylic acids is 2. The minimum atomic E-state index is -0.416. The number of rotatable bonds is 3. The number of halogens is 2. The highest BCUT2D eigenvalue weighted by Crippen LogP contribution is 2.31. The SMILES string of the molecule is CC(C)C(=O)N1CCC(NC(=O)c2cc(Cl)cc(Cl)c2O)CC1. The van der Waals surface area contributed by atoms with Crippen molar-refractivity contribution >= 4 is 35.0 Å². The molecule has 2 amide bonds. The fourth-order valence-corrected chi connectivity index (χ4v) is 3.10. The summed E-state index contributed by atoms with van der Waals surface area (Å²) in [6, 6.07) is 2.72. The van der Waals surface area contributed by atoms with Gasteiger partial charge in [0, 0.05) is 30.1 Å². The number of amides is 2. The molecule has 0 unspecified atom stereocenters. The van der Waals surface area contributed by atoms with Crippen LogP contribution in [-0.2, 0) is 4.79 Å². The van der Waals surface area contributed by atoms with Crippen LogP contribution in [0.15, 0.2) is 12.1 Å². The third-order valence-corrected chi connectivity index (χ3v) is 4.41. The maximum Gasteiger partial charge on any atom is 0.255 e. The molecule has 0 spiro atoms. The number of hydrogen-bond donors (Lipinski definition) is 2. The molecule has 1 saturated heterocycles. The van der Waals surface area contributed by atoms with Crippen LogP contribution in [0.3, 0.4) is 0 Å². The Labute approximate surface area is 145 Å². The summed E-state index contributed by atoms with van der Waals surface area (Å²) in [7, 11) is 0. The number of phenolic OH excluding ortho intramolecular Hbond substituents is 1. The summed E-state index contributed by atoms with van der Waals surface area (Å²) in [5.74, 6) is -0.581. The zero-order valence-corrected chi connectivity index (χ0v) is 14.6. The topological polar surface area (TPSA) is 69.6 Å². The maximum atomic E-state index is 12.3. The highest BCUT2D eigenvalue weighted by molar-refractivity contribution is 6.36. The summed E-state index contributed by atoms with van der Waals surface area (Å²) in [5, 5.41) is 13.1. The Balaban J connectivity index is 1.97. The summed E-state index contributed by atoms with van der Waals surface area (Å²) in [5.41, 5.74) is 0.0585. The van der Waals surface area contributed by atoms with Crippen LogP contribution in [-0.4, -0.2) is 41.0 Å². The summed E-state index contributed by atoms with van der Waals surface area (Å²) in [6.07, 6.45) is 1.36. The van der Waals surface area contributed by atoms with Gasteiger partial charge in [-0.3, -0.25) is 9.59 Å². The highest BCUT2D eigenvalue weighted by atomic mass is 35.5. The number of likely N-dealkylation sites (tertiary alicyclic amines) is 1. The Hall–Kier alpha value is -1.46. The molecule has 0 bridgehead atoms. The van der Waals surface area contributed by atoms with Gasteiger partial charge in [-0.05, 0) is 25.0 Å². The molecule has 0 atom stereocenters. The molecular weight excluding hydrogens is 339 g/mol. The van der Waals surface area contributed by atoms with Crippen molar-refractivity contribution in [1.29, 1.82) is 0 Å². The van der Waals surface area contributed by atoms with Crippen molar-refractivity contribution in [3.8, 4) is 5.75 Å². The van der Waals surface area contributed by atoms with Gasteiger partial charge in [0.25, 0.3) is 5.91 Å². The van der Waals surface area contributed by atoms with Crippen LogP contribution in [0.1, 0.15) is 37.0 Å². The summed E-state index contributed by atoms with van der Waals surface area (Å²) in [4.78, 5) is 26.1. The second kappa shape index (κ2) is 7.41. The Morgan fingerprint density at radius 3 is 2.43 bits per heavy atom. The van der Waals surface area contributed by atoms with Crippen molar-refractivity contribution in [2.24, 2.45) is 5.92 Å². The number of phenols is 1. The van der Waals surface area contributed by atoms with Crippen LogP contribution in [0.4, 0.5) is 0 Å². The molecule has 0 radical (unpaired) electrons. The number of nitrogens with zero attached hydrogens (tertiary/aromatic N) is 1. The molecule has 1 aliphatic rings. The van der Waals surface area contributed by atoms with E-state index in [0.29, 0.717) is 25.9 Å². The van der Waals surface area contributed by atoms with Gasteiger partial charge >= 0.3 is 0 Å². The van der Waals surface area contributed by atoms with Crippen molar-refractivity contribution in [3.05, 3.63) is 27.7 Å². The number of piperidine rings is 1. The smallest absolute Gasteiger partial charge is 0.255 e. The van der Waals surface area contributed by atoms with Gasteiger partial charge in [0.1, 0.15) is 5.75 Å². The average Bonchev–Trinajstić information content (AvgIpc) is 2.50. The Morgan fingerprint density at radius 1 is 1.26 bits per heavy atom. The van der Waals surface area contributed by atoms with Crippen molar-refractivity contribution < 1.29 is 14.7 Å². The third-order valence-electron chi connectivity index (χ3n) is 3.91. The van der Waals surface area contributed by atoms with Gasteiger partial charge in [-0.1, -0.05) is 37.0 Å². The van der Waals surface area contributed by atoms with Crippen molar-refractivity contribution in [3.63, 3.8) is 0 Å². The van der Waals surface area contributed by atoms with Gasteiger partial charge in [-0.2, -0.15) is 0 Å². The minimum absolute atomic E-state index is 0.0216. The van der Waals surface area contributed by atoms with E-state index in [1.807, 2.05) is 18.7 Å². The lowest BCUT2D eigenvalue weighted by molar-refractivity contribution is -0.135. The predicted octanol–water partition coefficient (Wildman–Crippen LogP) is 3.08. The lowest BCUT2D eigenvalue weighted by atomic mass is 10.0. The quantitative estimate of drug-likeness (QED) is 0.872. The van der Waals surface area contributed by atoms with Crippen LogP contribution in [0, 0.1) is 5.92 Å². The van der Waals surface area contributed by atoms with E-state index in [2.05, 4.69) is 5.32 Å². The van der Waals surface area contributed by atoms with Gasteiger partial charge in [-0.15, -0.1) is 0 Å². The molecule has 1 aromatic carbocycles. The summed E-state index contributed by atoms with van der Waals surface area (Å²) in [6.45, 7) is 4.98. The van der Waals surface area contributed by atoms with Crippen LogP contribution < -0.4 is 5.32 Å². The van der Waals surface area contributed by atoms with Gasteiger partial charge in [0.2, 0.25) is 5.91 Å². The van der Waals surface area contributed by atoms with E-state index < -0.39 is 5.91 Å². The van der Waals surface area contributed by atoms with E-state index in [0.717, 1.165) is 0 Å². The summed E-state index contributed by atoms with van der Waals surface area (Å²) < 4.78 is 0.